The maximum absolute atomic E-state index is 12.4. The lowest BCUT2D eigenvalue weighted by Gasteiger charge is -2.05. The van der Waals surface area contributed by atoms with Crippen LogP contribution in [0.1, 0.15) is 21.5 Å². The summed E-state index contributed by atoms with van der Waals surface area (Å²) in [6.07, 6.45) is 0.252. The van der Waals surface area contributed by atoms with Crippen LogP contribution in [0.2, 0.25) is 0 Å². The first-order valence-electron chi connectivity index (χ1n) is 6.78. The number of carbonyl (C=O) groups is 1. The minimum absolute atomic E-state index is 0.0310. The van der Waals surface area contributed by atoms with Gasteiger partial charge in [-0.25, -0.2) is 0 Å². The summed E-state index contributed by atoms with van der Waals surface area (Å²) < 4.78 is 0. The molecular weight excluding hydrogens is 258 g/mol. The molecule has 0 unspecified atom stereocenters. The molecule has 0 spiro atoms. The van der Waals surface area contributed by atoms with Gasteiger partial charge in [-0.05, 0) is 28.5 Å². The topological polar surface area (TPSA) is 40.9 Å². The molecule has 0 aromatic heterocycles. The van der Waals surface area contributed by atoms with Crippen molar-refractivity contribution in [2.24, 2.45) is 0 Å². The number of hydrogen-bond donors (Lipinski definition) is 0. The van der Waals surface area contributed by atoms with E-state index >= 15 is 0 Å². The molecule has 0 amide bonds. The third-order valence-electron chi connectivity index (χ3n) is 3.56. The molecular formula is C19H13NO. The Labute approximate surface area is 123 Å². The molecule has 21 heavy (non-hydrogen) atoms. The standard InChI is InChI=1S/C19H13NO/c20-13-18-8-4-3-7-16(18)12-19(21)17-10-9-14-5-1-2-6-15(14)11-17/h1-11H,12H2. The van der Waals surface area contributed by atoms with E-state index in [4.69, 9.17) is 5.26 Å². The van der Waals surface area contributed by atoms with E-state index in [0.717, 1.165) is 16.3 Å². The monoisotopic (exact) mass is 271 g/mol. The van der Waals surface area contributed by atoms with Gasteiger partial charge in [0.15, 0.2) is 5.78 Å². The fraction of sp³-hybridized carbons (Fsp3) is 0.0526. The Balaban J connectivity index is 1.92. The maximum Gasteiger partial charge on any atom is 0.167 e. The van der Waals surface area contributed by atoms with Crippen LogP contribution in [-0.4, -0.2) is 5.78 Å². The number of Topliss-reactive ketones (excluding diaryl/α,β-unsaturated/α-hetero) is 1. The van der Waals surface area contributed by atoms with Crippen LogP contribution in [0.3, 0.4) is 0 Å². The van der Waals surface area contributed by atoms with Gasteiger partial charge in [-0.3, -0.25) is 4.79 Å². The molecule has 0 heterocycles. The highest BCUT2D eigenvalue weighted by Gasteiger charge is 2.10. The van der Waals surface area contributed by atoms with Crippen LogP contribution < -0.4 is 0 Å². The molecule has 0 aliphatic rings. The van der Waals surface area contributed by atoms with Crippen molar-refractivity contribution in [3.63, 3.8) is 0 Å². The molecule has 2 nitrogen and oxygen atoms in total. The van der Waals surface area contributed by atoms with Gasteiger partial charge in [-0.2, -0.15) is 5.26 Å². The van der Waals surface area contributed by atoms with Crippen molar-refractivity contribution in [2.45, 2.75) is 6.42 Å². The zero-order chi connectivity index (χ0) is 14.7. The van der Waals surface area contributed by atoms with Gasteiger partial charge in [0.2, 0.25) is 0 Å². The number of rotatable bonds is 3. The molecule has 0 radical (unpaired) electrons. The number of fused-ring (bicyclic) bond motifs is 1. The van der Waals surface area contributed by atoms with Crippen molar-refractivity contribution in [3.8, 4) is 6.07 Å². The minimum atomic E-state index is 0.0310. The highest BCUT2D eigenvalue weighted by Crippen LogP contribution is 2.18. The van der Waals surface area contributed by atoms with Crippen molar-refractivity contribution in [1.82, 2.24) is 0 Å². The van der Waals surface area contributed by atoms with Crippen LogP contribution in [0.5, 0.6) is 0 Å². The SMILES string of the molecule is N#Cc1ccccc1CC(=O)c1ccc2ccccc2c1. The van der Waals surface area contributed by atoms with E-state index in [2.05, 4.69) is 6.07 Å². The second-order valence-corrected chi connectivity index (χ2v) is 4.93. The first-order valence-corrected chi connectivity index (χ1v) is 6.78. The molecule has 0 atom stereocenters. The van der Waals surface area contributed by atoms with Crippen molar-refractivity contribution in [3.05, 3.63) is 83.4 Å². The fourth-order valence-electron chi connectivity index (χ4n) is 2.42. The largest absolute Gasteiger partial charge is 0.294 e. The number of nitriles is 1. The smallest absolute Gasteiger partial charge is 0.167 e. The second kappa shape index (κ2) is 5.60. The lowest BCUT2D eigenvalue weighted by atomic mass is 9.97. The Morgan fingerprint density at radius 1 is 0.905 bits per heavy atom. The van der Waals surface area contributed by atoms with Gasteiger partial charge in [0, 0.05) is 12.0 Å². The molecule has 2 heteroatoms. The van der Waals surface area contributed by atoms with Crippen molar-refractivity contribution >= 4 is 16.6 Å². The lowest BCUT2D eigenvalue weighted by Crippen LogP contribution is -2.05. The molecule has 0 aliphatic heterocycles. The summed E-state index contributed by atoms with van der Waals surface area (Å²) in [4.78, 5) is 12.4. The molecule has 0 bridgehead atoms. The van der Waals surface area contributed by atoms with E-state index in [1.54, 1.807) is 6.07 Å². The average Bonchev–Trinajstić information content (AvgIpc) is 2.55. The van der Waals surface area contributed by atoms with Gasteiger partial charge >= 0.3 is 0 Å². The van der Waals surface area contributed by atoms with Crippen LogP contribution in [-0.2, 0) is 6.42 Å². The first kappa shape index (κ1) is 13.1. The summed E-state index contributed by atoms with van der Waals surface area (Å²) >= 11 is 0. The van der Waals surface area contributed by atoms with E-state index in [0.29, 0.717) is 11.1 Å². The van der Waals surface area contributed by atoms with Crippen LogP contribution >= 0.6 is 0 Å². The summed E-state index contributed by atoms with van der Waals surface area (Å²) in [6.45, 7) is 0. The lowest BCUT2D eigenvalue weighted by molar-refractivity contribution is 0.0993. The number of hydrogen-bond acceptors (Lipinski definition) is 2. The average molecular weight is 271 g/mol. The van der Waals surface area contributed by atoms with Crippen molar-refractivity contribution in [1.29, 1.82) is 5.26 Å². The zero-order valence-corrected chi connectivity index (χ0v) is 11.4. The highest BCUT2D eigenvalue weighted by molar-refractivity contribution is 6.01. The third kappa shape index (κ3) is 2.68. The van der Waals surface area contributed by atoms with Crippen LogP contribution in [0.25, 0.3) is 10.8 Å². The molecule has 0 N–H and O–H groups in total. The Kier molecular flexibility index (Phi) is 3.49. The molecule has 0 aliphatic carbocycles. The van der Waals surface area contributed by atoms with E-state index in [-0.39, 0.29) is 12.2 Å². The quantitative estimate of drug-likeness (QED) is 0.672. The Morgan fingerprint density at radius 2 is 1.62 bits per heavy atom. The molecule has 0 fully saturated rings. The first-order chi connectivity index (χ1) is 10.3. The van der Waals surface area contributed by atoms with E-state index in [9.17, 15) is 4.79 Å². The predicted octanol–water partition coefficient (Wildman–Crippen LogP) is 4.14. The summed E-state index contributed by atoms with van der Waals surface area (Å²) in [5, 5.41) is 11.3. The Hall–Kier alpha value is -2.92. The predicted molar refractivity (Wildman–Crippen MR) is 83.1 cm³/mol. The molecule has 0 saturated heterocycles. The number of nitrogens with zero attached hydrogens (tertiary/aromatic N) is 1. The zero-order valence-electron chi connectivity index (χ0n) is 11.4. The Morgan fingerprint density at radius 3 is 2.43 bits per heavy atom. The summed E-state index contributed by atoms with van der Waals surface area (Å²) in [7, 11) is 0. The van der Waals surface area contributed by atoms with E-state index in [1.807, 2.05) is 60.7 Å². The van der Waals surface area contributed by atoms with Crippen molar-refractivity contribution in [2.75, 3.05) is 0 Å². The van der Waals surface area contributed by atoms with Gasteiger partial charge < -0.3 is 0 Å². The number of benzene rings is 3. The normalized spacial score (nSPS) is 10.2. The number of carbonyl (C=O) groups excluding carboxylic acids is 1. The van der Waals surface area contributed by atoms with Gasteiger partial charge in [-0.15, -0.1) is 0 Å². The summed E-state index contributed by atoms with van der Waals surface area (Å²) in [5.74, 6) is 0.0310. The highest BCUT2D eigenvalue weighted by atomic mass is 16.1. The van der Waals surface area contributed by atoms with Gasteiger partial charge in [0.25, 0.3) is 0 Å². The molecule has 3 aromatic rings. The number of ketones is 1. The Bertz CT molecular complexity index is 859. The van der Waals surface area contributed by atoms with Crippen LogP contribution in [0, 0.1) is 11.3 Å². The van der Waals surface area contributed by atoms with Gasteiger partial charge in [0.05, 0.1) is 11.6 Å². The fourth-order valence-corrected chi connectivity index (χ4v) is 2.42. The maximum atomic E-state index is 12.4. The molecule has 3 aromatic carbocycles. The van der Waals surface area contributed by atoms with Gasteiger partial charge in [0.1, 0.15) is 0 Å². The minimum Gasteiger partial charge on any atom is -0.294 e. The molecule has 3 rings (SSSR count). The van der Waals surface area contributed by atoms with E-state index < -0.39 is 0 Å². The summed E-state index contributed by atoms with van der Waals surface area (Å²) in [5.41, 5.74) is 2.02. The molecule has 0 saturated carbocycles. The van der Waals surface area contributed by atoms with Crippen LogP contribution in [0.4, 0.5) is 0 Å². The van der Waals surface area contributed by atoms with E-state index in [1.165, 1.54) is 0 Å². The third-order valence-corrected chi connectivity index (χ3v) is 3.56. The van der Waals surface area contributed by atoms with Crippen molar-refractivity contribution < 1.29 is 4.79 Å². The molecule has 100 valence electrons. The van der Waals surface area contributed by atoms with Crippen LogP contribution in [0.15, 0.2) is 66.7 Å². The second-order valence-electron chi connectivity index (χ2n) is 4.93. The van der Waals surface area contributed by atoms with Gasteiger partial charge in [-0.1, -0.05) is 54.6 Å². The summed E-state index contributed by atoms with van der Waals surface area (Å²) in [6, 6.07) is 23.0.